The van der Waals surface area contributed by atoms with Crippen LogP contribution in [0.1, 0.15) is 27.7 Å². The van der Waals surface area contributed by atoms with Gasteiger partial charge in [-0.25, -0.2) is 0 Å². The number of rotatable bonds is 4. The summed E-state index contributed by atoms with van der Waals surface area (Å²) in [6.07, 6.45) is -4.45. The summed E-state index contributed by atoms with van der Waals surface area (Å²) < 4.78 is 38.0. The van der Waals surface area contributed by atoms with Crippen LogP contribution in [0.4, 0.5) is 13.2 Å². The van der Waals surface area contributed by atoms with Crippen LogP contribution in [0.25, 0.3) is 10.4 Å². The fourth-order valence-electron chi connectivity index (χ4n) is 2.72. The first-order valence-electron chi connectivity index (χ1n) is 7.84. The number of hydrogen-bond donors (Lipinski definition) is 1. The predicted molar refractivity (Wildman–Crippen MR) is 94.6 cm³/mol. The molecule has 0 radical (unpaired) electrons. The maximum absolute atomic E-state index is 12.7. The van der Waals surface area contributed by atoms with Crippen molar-refractivity contribution >= 4 is 11.3 Å². The number of benzene rings is 2. The van der Waals surface area contributed by atoms with Crippen molar-refractivity contribution < 1.29 is 18.3 Å². The van der Waals surface area contributed by atoms with Crippen LogP contribution in [0.15, 0.2) is 60.7 Å². The third-order valence-electron chi connectivity index (χ3n) is 4.03. The summed E-state index contributed by atoms with van der Waals surface area (Å²) in [7, 11) is 0. The van der Waals surface area contributed by atoms with Crippen molar-refractivity contribution in [3.63, 3.8) is 0 Å². The van der Waals surface area contributed by atoms with Crippen LogP contribution in [-0.4, -0.2) is 5.11 Å². The van der Waals surface area contributed by atoms with E-state index in [1.165, 1.54) is 23.5 Å². The summed E-state index contributed by atoms with van der Waals surface area (Å²) in [6, 6.07) is 16.7. The summed E-state index contributed by atoms with van der Waals surface area (Å²) in [6.45, 7) is 1.91. The molecule has 0 saturated carbocycles. The molecule has 0 aliphatic rings. The van der Waals surface area contributed by atoms with Crippen LogP contribution in [0.5, 0.6) is 0 Å². The van der Waals surface area contributed by atoms with Crippen molar-refractivity contribution in [2.24, 2.45) is 0 Å². The second-order valence-corrected chi connectivity index (χ2v) is 7.02. The lowest BCUT2D eigenvalue weighted by Gasteiger charge is -2.10. The van der Waals surface area contributed by atoms with E-state index in [1.54, 1.807) is 0 Å². The molecule has 1 aromatic heterocycles. The Morgan fingerprint density at radius 1 is 1.00 bits per heavy atom. The summed E-state index contributed by atoms with van der Waals surface area (Å²) in [4.78, 5) is 1.70. The molecule has 0 fully saturated rings. The SMILES string of the molecule is Cc1cc(-c2ccc(C(F)(F)F)cc2)sc1C(O)Cc1ccccc1. The van der Waals surface area contributed by atoms with Gasteiger partial charge in [-0.2, -0.15) is 13.2 Å². The van der Waals surface area contributed by atoms with Gasteiger partial charge in [-0.3, -0.25) is 0 Å². The van der Waals surface area contributed by atoms with E-state index in [9.17, 15) is 18.3 Å². The van der Waals surface area contributed by atoms with Crippen LogP contribution < -0.4 is 0 Å². The van der Waals surface area contributed by atoms with Crippen LogP contribution >= 0.6 is 11.3 Å². The number of hydrogen-bond acceptors (Lipinski definition) is 2. The van der Waals surface area contributed by atoms with E-state index < -0.39 is 17.8 Å². The van der Waals surface area contributed by atoms with Crippen LogP contribution in [-0.2, 0) is 12.6 Å². The van der Waals surface area contributed by atoms with Gasteiger partial charge in [0, 0.05) is 16.2 Å². The van der Waals surface area contributed by atoms with Gasteiger partial charge in [-0.15, -0.1) is 11.3 Å². The third kappa shape index (κ3) is 4.11. The Balaban J connectivity index is 1.82. The lowest BCUT2D eigenvalue weighted by Crippen LogP contribution is -2.03. The molecule has 0 aliphatic heterocycles. The van der Waals surface area contributed by atoms with Crippen molar-refractivity contribution in [1.29, 1.82) is 0 Å². The number of aryl methyl sites for hydroxylation is 1. The average molecular weight is 362 g/mol. The highest BCUT2D eigenvalue weighted by molar-refractivity contribution is 7.15. The van der Waals surface area contributed by atoms with Crippen LogP contribution in [0, 0.1) is 6.92 Å². The van der Waals surface area contributed by atoms with Gasteiger partial charge in [0.2, 0.25) is 0 Å². The van der Waals surface area contributed by atoms with E-state index >= 15 is 0 Å². The lowest BCUT2D eigenvalue weighted by atomic mass is 10.0. The first kappa shape index (κ1) is 17.7. The fraction of sp³-hybridized carbons (Fsp3) is 0.200. The zero-order chi connectivity index (χ0) is 18.0. The number of aliphatic hydroxyl groups is 1. The highest BCUT2D eigenvalue weighted by Gasteiger charge is 2.30. The zero-order valence-corrected chi connectivity index (χ0v) is 14.4. The molecule has 1 heterocycles. The molecule has 25 heavy (non-hydrogen) atoms. The number of thiophene rings is 1. The Labute approximate surface area is 148 Å². The average Bonchev–Trinajstić information content (AvgIpc) is 2.97. The molecule has 130 valence electrons. The van der Waals surface area contributed by atoms with E-state index in [2.05, 4.69) is 0 Å². The van der Waals surface area contributed by atoms with Gasteiger partial charge in [0.05, 0.1) is 11.7 Å². The van der Waals surface area contributed by atoms with Gasteiger partial charge in [0.15, 0.2) is 0 Å². The number of aliphatic hydroxyl groups excluding tert-OH is 1. The Morgan fingerprint density at radius 2 is 1.64 bits per heavy atom. The summed E-state index contributed by atoms with van der Waals surface area (Å²) >= 11 is 1.42. The first-order chi connectivity index (χ1) is 11.8. The highest BCUT2D eigenvalue weighted by Crippen LogP contribution is 2.37. The third-order valence-corrected chi connectivity index (χ3v) is 5.41. The maximum Gasteiger partial charge on any atom is 0.416 e. The van der Waals surface area contributed by atoms with Gasteiger partial charge in [0.1, 0.15) is 0 Å². The molecule has 1 unspecified atom stereocenters. The monoisotopic (exact) mass is 362 g/mol. The Kier molecular flexibility index (Phi) is 4.97. The first-order valence-corrected chi connectivity index (χ1v) is 8.66. The smallest absolute Gasteiger partial charge is 0.387 e. The zero-order valence-electron chi connectivity index (χ0n) is 13.5. The summed E-state index contributed by atoms with van der Waals surface area (Å²) in [5.74, 6) is 0. The molecule has 0 aliphatic carbocycles. The van der Waals surface area contributed by atoms with Crippen LogP contribution in [0.3, 0.4) is 0 Å². The van der Waals surface area contributed by atoms with E-state index in [1.807, 2.05) is 43.3 Å². The summed E-state index contributed by atoms with van der Waals surface area (Å²) in [5, 5.41) is 10.5. The Hall–Kier alpha value is -2.11. The number of alkyl halides is 3. The molecule has 1 atom stereocenters. The molecule has 3 aromatic rings. The van der Waals surface area contributed by atoms with Crippen LogP contribution in [0.2, 0.25) is 0 Å². The van der Waals surface area contributed by atoms with Gasteiger partial charge >= 0.3 is 6.18 Å². The second-order valence-electron chi connectivity index (χ2n) is 5.94. The van der Waals surface area contributed by atoms with E-state index in [4.69, 9.17) is 0 Å². The minimum atomic E-state index is -4.33. The highest BCUT2D eigenvalue weighted by atomic mass is 32.1. The Bertz CT molecular complexity index is 836. The molecule has 3 rings (SSSR count). The lowest BCUT2D eigenvalue weighted by molar-refractivity contribution is -0.137. The van der Waals surface area contributed by atoms with E-state index in [-0.39, 0.29) is 0 Å². The molecule has 2 aromatic carbocycles. The van der Waals surface area contributed by atoms with Crippen molar-refractivity contribution in [3.05, 3.63) is 82.2 Å². The van der Waals surface area contributed by atoms with Crippen molar-refractivity contribution in [2.45, 2.75) is 25.6 Å². The Morgan fingerprint density at radius 3 is 2.24 bits per heavy atom. The van der Waals surface area contributed by atoms with Crippen molar-refractivity contribution in [2.75, 3.05) is 0 Å². The largest absolute Gasteiger partial charge is 0.416 e. The molecule has 5 heteroatoms. The quantitative estimate of drug-likeness (QED) is 0.602. The van der Waals surface area contributed by atoms with Crippen molar-refractivity contribution in [1.82, 2.24) is 0 Å². The van der Waals surface area contributed by atoms with Gasteiger partial charge in [-0.05, 0) is 41.8 Å². The predicted octanol–water partition coefficient (Wildman–Crippen LogP) is 6.02. The summed E-state index contributed by atoms with van der Waals surface area (Å²) in [5.41, 5.74) is 2.05. The fourth-order valence-corrected chi connectivity index (χ4v) is 3.89. The normalized spacial score (nSPS) is 13.0. The molecule has 1 N–H and O–H groups in total. The maximum atomic E-state index is 12.7. The van der Waals surface area contributed by atoms with E-state index in [0.29, 0.717) is 6.42 Å². The molecule has 0 amide bonds. The van der Waals surface area contributed by atoms with Gasteiger partial charge in [-0.1, -0.05) is 42.5 Å². The molecule has 0 spiro atoms. The molecular weight excluding hydrogens is 345 g/mol. The molecule has 0 bridgehead atoms. The minimum Gasteiger partial charge on any atom is -0.387 e. The number of halogens is 3. The molecular formula is C20H17F3OS. The van der Waals surface area contributed by atoms with Gasteiger partial charge in [0.25, 0.3) is 0 Å². The molecule has 1 nitrogen and oxygen atoms in total. The topological polar surface area (TPSA) is 20.2 Å². The molecule has 0 saturated heterocycles. The minimum absolute atomic E-state index is 0.509. The second kappa shape index (κ2) is 7.02. The van der Waals surface area contributed by atoms with Gasteiger partial charge < -0.3 is 5.11 Å². The van der Waals surface area contributed by atoms with E-state index in [0.717, 1.165) is 38.6 Å². The standard InChI is InChI=1S/C20H17F3OS/c1-13-11-18(15-7-9-16(10-8-15)20(21,22)23)25-19(13)17(24)12-14-5-3-2-4-6-14/h2-11,17,24H,12H2,1H3. The van der Waals surface area contributed by atoms with Crippen molar-refractivity contribution in [3.8, 4) is 10.4 Å².